The van der Waals surface area contributed by atoms with Gasteiger partial charge in [-0.1, -0.05) is 65.5 Å². The molecule has 1 N–H and O–H groups in total. The molecule has 4 aliphatic carbocycles. The lowest BCUT2D eigenvalue weighted by atomic mass is 9.47. The molecule has 0 aromatic carbocycles. The average Bonchev–Trinajstić information content (AvgIpc) is 3.05. The normalized spacial score (nSPS) is 42.9. The van der Waals surface area contributed by atoms with Crippen molar-refractivity contribution in [3.8, 4) is 0 Å². The molecule has 3 heteroatoms. The zero-order valence-electron chi connectivity index (χ0n) is 20.7. The zero-order chi connectivity index (χ0) is 22.4. The number of carbonyl (C=O) groups is 1. The van der Waals surface area contributed by atoms with Gasteiger partial charge in [0.2, 0.25) is 0 Å². The highest BCUT2D eigenvalue weighted by molar-refractivity contribution is 5.57. The number of carboxylic acid groups (broad SMARTS) is 1. The molecular weight excluding hydrogens is 384 g/mol. The molecule has 176 valence electrons. The van der Waals surface area contributed by atoms with E-state index in [1.807, 2.05) is 0 Å². The zero-order valence-corrected chi connectivity index (χ0v) is 20.7. The minimum absolute atomic E-state index is 0.134. The number of fused-ring (bicyclic) bond motifs is 5. The van der Waals surface area contributed by atoms with Gasteiger partial charge in [0.05, 0.1) is 0 Å². The van der Waals surface area contributed by atoms with Gasteiger partial charge in [-0.05, 0) is 91.3 Å². The predicted octanol–water partition coefficient (Wildman–Crippen LogP) is 8.09. The second-order valence-corrected chi connectivity index (χ2v) is 12.5. The summed E-state index contributed by atoms with van der Waals surface area (Å²) in [6.07, 6.45) is 15.1. The summed E-state index contributed by atoms with van der Waals surface area (Å²) in [5.74, 6) is 5.09. The highest BCUT2D eigenvalue weighted by Gasteiger charge is 2.59. The van der Waals surface area contributed by atoms with Crippen LogP contribution < -0.4 is 0 Å². The van der Waals surface area contributed by atoms with Gasteiger partial charge in [-0.2, -0.15) is 0 Å². The molecule has 8 atom stereocenters. The van der Waals surface area contributed by atoms with Gasteiger partial charge in [0.15, 0.2) is 0 Å². The van der Waals surface area contributed by atoms with Gasteiger partial charge >= 0.3 is 6.16 Å². The van der Waals surface area contributed by atoms with Crippen LogP contribution >= 0.6 is 0 Å². The van der Waals surface area contributed by atoms with Crippen molar-refractivity contribution in [2.24, 2.45) is 46.3 Å². The van der Waals surface area contributed by atoms with Crippen molar-refractivity contribution < 1.29 is 14.6 Å². The highest BCUT2D eigenvalue weighted by Crippen LogP contribution is 2.67. The first kappa shape index (κ1) is 23.2. The number of rotatable bonds is 6. The van der Waals surface area contributed by atoms with Crippen molar-refractivity contribution in [2.75, 3.05) is 0 Å². The van der Waals surface area contributed by atoms with Crippen LogP contribution in [0.15, 0.2) is 11.6 Å². The van der Waals surface area contributed by atoms with E-state index >= 15 is 0 Å². The van der Waals surface area contributed by atoms with E-state index in [2.05, 4.69) is 40.7 Å². The standard InChI is InChI=1S/C28H46O3/c1-18(2)7-6-8-19(3)23-11-12-24-22-10-9-20-17-21(31-26(29)30)13-15-27(20,4)25(22)14-16-28(23,24)5/h9,18-19,21-25H,6-8,10-17H2,1-5H3,(H,29,30)/t19-,21?,22?,23-,24?,25?,27+,28-/m1/s1. The molecule has 31 heavy (non-hydrogen) atoms. The second-order valence-electron chi connectivity index (χ2n) is 12.5. The third-order valence-corrected chi connectivity index (χ3v) is 10.5. The van der Waals surface area contributed by atoms with Crippen molar-refractivity contribution in [1.29, 1.82) is 0 Å². The van der Waals surface area contributed by atoms with Crippen LogP contribution in [0.1, 0.15) is 105 Å². The average molecular weight is 431 g/mol. The van der Waals surface area contributed by atoms with E-state index in [0.29, 0.717) is 5.41 Å². The van der Waals surface area contributed by atoms with Gasteiger partial charge in [-0.3, -0.25) is 0 Å². The third-order valence-electron chi connectivity index (χ3n) is 10.5. The molecule has 0 saturated heterocycles. The third kappa shape index (κ3) is 4.20. The van der Waals surface area contributed by atoms with Crippen molar-refractivity contribution >= 4 is 6.16 Å². The van der Waals surface area contributed by atoms with Gasteiger partial charge < -0.3 is 9.84 Å². The first-order valence-corrected chi connectivity index (χ1v) is 13.2. The number of allylic oxidation sites excluding steroid dienone is 1. The summed E-state index contributed by atoms with van der Waals surface area (Å²) in [6, 6.07) is 0. The fourth-order valence-electron chi connectivity index (χ4n) is 8.90. The lowest BCUT2D eigenvalue weighted by Gasteiger charge is -2.58. The van der Waals surface area contributed by atoms with Crippen LogP contribution in [0.2, 0.25) is 0 Å². The fraction of sp³-hybridized carbons (Fsp3) is 0.893. The summed E-state index contributed by atoms with van der Waals surface area (Å²) in [5, 5.41) is 9.05. The Morgan fingerprint density at radius 2 is 1.87 bits per heavy atom. The van der Waals surface area contributed by atoms with Crippen molar-refractivity contribution in [3.05, 3.63) is 11.6 Å². The molecule has 0 radical (unpaired) electrons. The van der Waals surface area contributed by atoms with Gasteiger partial charge in [0.25, 0.3) is 0 Å². The molecule has 0 heterocycles. The van der Waals surface area contributed by atoms with Crippen molar-refractivity contribution in [1.82, 2.24) is 0 Å². The van der Waals surface area contributed by atoms with Crippen molar-refractivity contribution in [3.63, 3.8) is 0 Å². The molecule has 3 nitrogen and oxygen atoms in total. The van der Waals surface area contributed by atoms with Crippen LogP contribution in [-0.4, -0.2) is 17.4 Å². The molecule has 0 aromatic rings. The SMILES string of the molecule is CC(C)CCC[C@@H](C)[C@H]1CCC2C3CC=C4CC(OC(=O)O)CC[C@]4(C)C3CC[C@@]21C. The molecule has 0 spiro atoms. The Hall–Kier alpha value is -0.990. The Balaban J connectivity index is 1.47. The van der Waals surface area contributed by atoms with Crippen LogP contribution in [-0.2, 0) is 4.74 Å². The maximum absolute atomic E-state index is 11.0. The summed E-state index contributed by atoms with van der Waals surface area (Å²) in [7, 11) is 0. The molecule has 4 rings (SSSR count). The number of hydrogen-bond acceptors (Lipinski definition) is 2. The first-order chi connectivity index (χ1) is 14.6. The van der Waals surface area contributed by atoms with Crippen LogP contribution in [0.25, 0.3) is 0 Å². The van der Waals surface area contributed by atoms with Crippen LogP contribution in [0.4, 0.5) is 4.79 Å². The Bertz CT molecular complexity index is 696. The molecule has 4 aliphatic rings. The summed E-state index contributed by atoms with van der Waals surface area (Å²) >= 11 is 0. The molecule has 0 aliphatic heterocycles. The summed E-state index contributed by atoms with van der Waals surface area (Å²) in [4.78, 5) is 11.0. The number of ether oxygens (including phenoxy) is 1. The van der Waals surface area contributed by atoms with Crippen LogP contribution in [0.5, 0.6) is 0 Å². The van der Waals surface area contributed by atoms with Crippen LogP contribution in [0, 0.1) is 46.3 Å². The van der Waals surface area contributed by atoms with Crippen molar-refractivity contribution in [2.45, 2.75) is 111 Å². The highest BCUT2D eigenvalue weighted by atomic mass is 16.7. The van der Waals surface area contributed by atoms with E-state index in [1.54, 1.807) is 0 Å². The lowest BCUT2D eigenvalue weighted by Crippen LogP contribution is -2.51. The number of hydrogen-bond donors (Lipinski definition) is 1. The Kier molecular flexibility index (Phi) is 6.54. The minimum atomic E-state index is -1.11. The Labute approximate surface area is 190 Å². The maximum atomic E-state index is 11.0. The summed E-state index contributed by atoms with van der Waals surface area (Å²) < 4.78 is 5.17. The van der Waals surface area contributed by atoms with Gasteiger partial charge in [0, 0.05) is 6.42 Å². The summed E-state index contributed by atoms with van der Waals surface area (Å²) in [5.41, 5.74) is 2.30. The van der Waals surface area contributed by atoms with E-state index in [1.165, 1.54) is 56.9 Å². The van der Waals surface area contributed by atoms with E-state index in [-0.39, 0.29) is 11.5 Å². The molecule has 0 amide bonds. The molecule has 3 saturated carbocycles. The van der Waals surface area contributed by atoms with E-state index in [9.17, 15) is 4.79 Å². The smallest absolute Gasteiger partial charge is 0.450 e. The molecule has 0 aromatic heterocycles. The Morgan fingerprint density at radius 1 is 1.10 bits per heavy atom. The first-order valence-electron chi connectivity index (χ1n) is 13.2. The Morgan fingerprint density at radius 3 is 2.58 bits per heavy atom. The molecule has 0 bridgehead atoms. The molecule has 4 unspecified atom stereocenters. The van der Waals surface area contributed by atoms with E-state index in [0.717, 1.165) is 54.8 Å². The van der Waals surface area contributed by atoms with Gasteiger partial charge in [-0.25, -0.2) is 4.79 Å². The molecular formula is C28H46O3. The van der Waals surface area contributed by atoms with E-state index in [4.69, 9.17) is 9.84 Å². The minimum Gasteiger partial charge on any atom is -0.450 e. The van der Waals surface area contributed by atoms with E-state index < -0.39 is 6.16 Å². The predicted molar refractivity (Wildman–Crippen MR) is 126 cm³/mol. The van der Waals surface area contributed by atoms with Gasteiger partial charge in [0.1, 0.15) is 6.10 Å². The summed E-state index contributed by atoms with van der Waals surface area (Å²) in [6.45, 7) is 12.4. The maximum Gasteiger partial charge on any atom is 0.506 e. The topological polar surface area (TPSA) is 46.5 Å². The second kappa shape index (κ2) is 8.75. The van der Waals surface area contributed by atoms with Gasteiger partial charge in [-0.15, -0.1) is 0 Å². The monoisotopic (exact) mass is 430 g/mol. The van der Waals surface area contributed by atoms with Crippen LogP contribution in [0.3, 0.4) is 0 Å². The quantitative estimate of drug-likeness (QED) is 0.342. The molecule has 3 fully saturated rings. The fourth-order valence-corrected chi connectivity index (χ4v) is 8.90. The lowest BCUT2D eigenvalue weighted by molar-refractivity contribution is -0.0601. The largest absolute Gasteiger partial charge is 0.506 e.